The standard InChI is InChI=1S/C17H19N3O2/c1-13(21)20-16(15-5-3-2-4-6-15)11-17(22)19-12-14-7-9-18-10-8-14/h2-10,16H,11-12H2,1H3,(H,19,22)(H,20,21)/t16-/m0/s1. The third-order valence-corrected chi connectivity index (χ3v) is 3.21. The van der Waals surface area contributed by atoms with Crippen LogP contribution < -0.4 is 10.6 Å². The summed E-state index contributed by atoms with van der Waals surface area (Å²) in [6.45, 7) is 1.90. The summed E-state index contributed by atoms with van der Waals surface area (Å²) in [7, 11) is 0. The summed E-state index contributed by atoms with van der Waals surface area (Å²) in [5, 5.41) is 5.67. The maximum atomic E-state index is 12.1. The minimum Gasteiger partial charge on any atom is -0.352 e. The van der Waals surface area contributed by atoms with Crippen LogP contribution in [0.1, 0.15) is 30.5 Å². The van der Waals surface area contributed by atoms with Crippen molar-refractivity contribution in [2.24, 2.45) is 0 Å². The van der Waals surface area contributed by atoms with E-state index in [1.807, 2.05) is 42.5 Å². The molecule has 1 aromatic carbocycles. The van der Waals surface area contributed by atoms with Gasteiger partial charge in [-0.2, -0.15) is 0 Å². The van der Waals surface area contributed by atoms with Crippen LogP contribution in [0.3, 0.4) is 0 Å². The van der Waals surface area contributed by atoms with Crippen LogP contribution in [-0.4, -0.2) is 16.8 Å². The van der Waals surface area contributed by atoms with E-state index in [0.29, 0.717) is 6.54 Å². The maximum absolute atomic E-state index is 12.1. The monoisotopic (exact) mass is 297 g/mol. The first-order valence-corrected chi connectivity index (χ1v) is 7.13. The van der Waals surface area contributed by atoms with Gasteiger partial charge in [-0.05, 0) is 23.3 Å². The van der Waals surface area contributed by atoms with Gasteiger partial charge in [-0.1, -0.05) is 30.3 Å². The van der Waals surface area contributed by atoms with Crippen molar-refractivity contribution >= 4 is 11.8 Å². The lowest BCUT2D eigenvalue weighted by molar-refractivity contribution is -0.122. The van der Waals surface area contributed by atoms with Gasteiger partial charge in [0.1, 0.15) is 0 Å². The Morgan fingerprint density at radius 1 is 1.09 bits per heavy atom. The Morgan fingerprint density at radius 3 is 2.41 bits per heavy atom. The molecule has 0 aliphatic heterocycles. The molecule has 0 saturated carbocycles. The highest BCUT2D eigenvalue weighted by molar-refractivity contribution is 5.79. The fraction of sp³-hybridized carbons (Fsp3) is 0.235. The van der Waals surface area contributed by atoms with Crippen molar-refractivity contribution in [1.82, 2.24) is 15.6 Å². The molecule has 22 heavy (non-hydrogen) atoms. The van der Waals surface area contributed by atoms with E-state index >= 15 is 0 Å². The highest BCUT2D eigenvalue weighted by atomic mass is 16.2. The molecule has 2 aromatic rings. The zero-order chi connectivity index (χ0) is 15.8. The number of carbonyl (C=O) groups excluding carboxylic acids is 2. The van der Waals surface area contributed by atoms with E-state index < -0.39 is 0 Å². The number of nitrogens with one attached hydrogen (secondary N) is 2. The van der Waals surface area contributed by atoms with Crippen LogP contribution in [0.15, 0.2) is 54.9 Å². The van der Waals surface area contributed by atoms with Crippen molar-refractivity contribution in [2.45, 2.75) is 25.9 Å². The number of nitrogens with zero attached hydrogens (tertiary/aromatic N) is 1. The summed E-state index contributed by atoms with van der Waals surface area (Å²) in [6, 6.07) is 12.9. The largest absolute Gasteiger partial charge is 0.352 e. The normalized spacial score (nSPS) is 11.5. The molecule has 1 aromatic heterocycles. The van der Waals surface area contributed by atoms with Gasteiger partial charge >= 0.3 is 0 Å². The molecule has 0 aliphatic rings. The Labute approximate surface area is 129 Å². The Bertz CT molecular complexity index is 614. The Balaban J connectivity index is 1.95. The number of aromatic nitrogens is 1. The van der Waals surface area contributed by atoms with Gasteiger partial charge in [-0.3, -0.25) is 14.6 Å². The molecule has 2 N–H and O–H groups in total. The number of pyridine rings is 1. The molecule has 0 bridgehead atoms. The number of carbonyl (C=O) groups is 2. The minimum atomic E-state index is -0.323. The van der Waals surface area contributed by atoms with Crippen LogP contribution in [0.2, 0.25) is 0 Å². The molecule has 0 fully saturated rings. The average Bonchev–Trinajstić information content (AvgIpc) is 2.54. The second-order valence-electron chi connectivity index (χ2n) is 5.00. The smallest absolute Gasteiger partial charge is 0.222 e. The Morgan fingerprint density at radius 2 is 1.77 bits per heavy atom. The molecule has 0 spiro atoms. The molecule has 114 valence electrons. The third kappa shape index (κ3) is 5.01. The van der Waals surface area contributed by atoms with Gasteiger partial charge in [0.2, 0.25) is 11.8 Å². The molecular formula is C17H19N3O2. The molecule has 0 aliphatic carbocycles. The SMILES string of the molecule is CC(=O)N[C@@H](CC(=O)NCc1ccncc1)c1ccccc1. The summed E-state index contributed by atoms with van der Waals surface area (Å²) in [4.78, 5) is 27.4. The highest BCUT2D eigenvalue weighted by Gasteiger charge is 2.16. The van der Waals surface area contributed by atoms with Gasteiger partial charge in [0, 0.05) is 25.9 Å². The molecule has 2 amide bonds. The van der Waals surface area contributed by atoms with E-state index in [-0.39, 0.29) is 24.3 Å². The first kappa shape index (κ1) is 15.7. The van der Waals surface area contributed by atoms with Crippen molar-refractivity contribution < 1.29 is 9.59 Å². The van der Waals surface area contributed by atoms with Gasteiger partial charge in [0.05, 0.1) is 12.5 Å². The van der Waals surface area contributed by atoms with Crippen LogP contribution in [0.25, 0.3) is 0 Å². The Kier molecular flexibility index (Phi) is 5.65. The van der Waals surface area contributed by atoms with Crippen molar-refractivity contribution in [3.8, 4) is 0 Å². The van der Waals surface area contributed by atoms with Crippen molar-refractivity contribution in [3.63, 3.8) is 0 Å². The number of amides is 2. The van der Waals surface area contributed by atoms with Gasteiger partial charge in [0.15, 0.2) is 0 Å². The molecule has 5 nitrogen and oxygen atoms in total. The number of hydrogen-bond donors (Lipinski definition) is 2. The predicted molar refractivity (Wildman–Crippen MR) is 83.7 cm³/mol. The van der Waals surface area contributed by atoms with E-state index in [4.69, 9.17) is 0 Å². The van der Waals surface area contributed by atoms with Crippen LogP contribution in [0.4, 0.5) is 0 Å². The van der Waals surface area contributed by atoms with Gasteiger partial charge in [-0.15, -0.1) is 0 Å². The molecule has 5 heteroatoms. The molecule has 2 rings (SSSR count). The molecule has 0 saturated heterocycles. The van der Waals surface area contributed by atoms with Crippen molar-refractivity contribution in [2.75, 3.05) is 0 Å². The van der Waals surface area contributed by atoms with E-state index in [0.717, 1.165) is 11.1 Å². The van der Waals surface area contributed by atoms with Crippen LogP contribution >= 0.6 is 0 Å². The predicted octanol–water partition coefficient (Wildman–Crippen LogP) is 1.97. The van der Waals surface area contributed by atoms with Gasteiger partial charge < -0.3 is 10.6 Å². The fourth-order valence-corrected chi connectivity index (χ4v) is 2.14. The number of rotatable bonds is 6. The third-order valence-electron chi connectivity index (χ3n) is 3.21. The van der Waals surface area contributed by atoms with Crippen molar-refractivity contribution in [1.29, 1.82) is 0 Å². The quantitative estimate of drug-likeness (QED) is 0.856. The van der Waals surface area contributed by atoms with E-state index in [9.17, 15) is 9.59 Å². The number of benzene rings is 1. The molecule has 0 unspecified atom stereocenters. The zero-order valence-electron chi connectivity index (χ0n) is 12.5. The van der Waals surface area contributed by atoms with Crippen molar-refractivity contribution in [3.05, 3.63) is 66.0 Å². The van der Waals surface area contributed by atoms with E-state index in [1.54, 1.807) is 12.4 Å². The van der Waals surface area contributed by atoms with Crippen LogP contribution in [0.5, 0.6) is 0 Å². The van der Waals surface area contributed by atoms with Gasteiger partial charge in [-0.25, -0.2) is 0 Å². The summed E-state index contributed by atoms with van der Waals surface area (Å²) in [5.74, 6) is -0.268. The second-order valence-corrected chi connectivity index (χ2v) is 5.00. The fourth-order valence-electron chi connectivity index (χ4n) is 2.14. The summed E-state index contributed by atoms with van der Waals surface area (Å²) < 4.78 is 0. The minimum absolute atomic E-state index is 0.112. The van der Waals surface area contributed by atoms with Gasteiger partial charge in [0.25, 0.3) is 0 Å². The summed E-state index contributed by atoms with van der Waals surface area (Å²) >= 11 is 0. The zero-order valence-corrected chi connectivity index (χ0v) is 12.5. The van der Waals surface area contributed by atoms with E-state index in [2.05, 4.69) is 15.6 Å². The van der Waals surface area contributed by atoms with Crippen LogP contribution in [-0.2, 0) is 16.1 Å². The van der Waals surface area contributed by atoms with Crippen LogP contribution in [0, 0.1) is 0 Å². The molecule has 1 atom stereocenters. The lowest BCUT2D eigenvalue weighted by Gasteiger charge is -2.18. The topological polar surface area (TPSA) is 71.1 Å². The van der Waals surface area contributed by atoms with E-state index in [1.165, 1.54) is 6.92 Å². The lowest BCUT2D eigenvalue weighted by Crippen LogP contribution is -2.32. The molecule has 0 radical (unpaired) electrons. The molecule has 1 heterocycles. The highest BCUT2D eigenvalue weighted by Crippen LogP contribution is 2.16. The first-order valence-electron chi connectivity index (χ1n) is 7.13. The summed E-state index contributed by atoms with van der Waals surface area (Å²) in [6.07, 6.45) is 3.58. The molecular weight excluding hydrogens is 278 g/mol. The Hall–Kier alpha value is -2.69. The number of hydrogen-bond acceptors (Lipinski definition) is 3. The average molecular weight is 297 g/mol. The summed E-state index contributed by atoms with van der Waals surface area (Å²) in [5.41, 5.74) is 1.90. The lowest BCUT2D eigenvalue weighted by atomic mass is 10.0. The maximum Gasteiger partial charge on any atom is 0.222 e. The first-order chi connectivity index (χ1) is 10.6. The second kappa shape index (κ2) is 7.93.